The number of rotatable bonds is 3. The molecule has 21 heavy (non-hydrogen) atoms. The van der Waals surface area contributed by atoms with Gasteiger partial charge in [0.25, 0.3) is 0 Å². The lowest BCUT2D eigenvalue weighted by molar-refractivity contribution is 0.170. The van der Waals surface area contributed by atoms with E-state index in [1.807, 2.05) is 11.3 Å². The second kappa shape index (κ2) is 6.23. The molecule has 120 valence electrons. The Balaban J connectivity index is 2.08. The van der Waals surface area contributed by atoms with E-state index in [-0.39, 0.29) is 5.54 Å². The second-order valence-corrected chi connectivity index (χ2v) is 8.44. The molecule has 2 atom stereocenters. The number of likely N-dealkylation sites (N-methyl/N-ethyl adjacent to an activating group) is 1. The van der Waals surface area contributed by atoms with E-state index in [9.17, 15) is 0 Å². The van der Waals surface area contributed by atoms with Gasteiger partial charge in [0.05, 0.1) is 5.69 Å². The van der Waals surface area contributed by atoms with Crippen molar-refractivity contribution in [3.63, 3.8) is 0 Å². The van der Waals surface area contributed by atoms with Crippen molar-refractivity contribution in [2.75, 3.05) is 25.0 Å². The third-order valence-electron chi connectivity index (χ3n) is 4.29. The molecule has 0 spiro atoms. The Labute approximate surface area is 133 Å². The van der Waals surface area contributed by atoms with E-state index in [2.05, 4.69) is 63.7 Å². The standard InChI is InChI=1S/C16H30N4S/c1-11-9-20(10-12(2)19(11)7)15-18-13(3)14(21-15)8-17-16(4,5)6/h11-12,17H,8-10H2,1-7H3. The van der Waals surface area contributed by atoms with Gasteiger partial charge < -0.3 is 10.2 Å². The highest BCUT2D eigenvalue weighted by Gasteiger charge is 2.28. The fourth-order valence-electron chi connectivity index (χ4n) is 2.62. The molecule has 1 aromatic heterocycles. The maximum atomic E-state index is 4.81. The summed E-state index contributed by atoms with van der Waals surface area (Å²) in [5.74, 6) is 0. The number of piperazine rings is 1. The van der Waals surface area contributed by atoms with Crippen LogP contribution in [0.4, 0.5) is 5.13 Å². The van der Waals surface area contributed by atoms with Gasteiger partial charge in [0.1, 0.15) is 0 Å². The number of hydrogen-bond acceptors (Lipinski definition) is 5. The largest absolute Gasteiger partial charge is 0.345 e. The Morgan fingerprint density at radius 3 is 2.33 bits per heavy atom. The number of aromatic nitrogens is 1. The van der Waals surface area contributed by atoms with Gasteiger partial charge in [-0.25, -0.2) is 4.98 Å². The Morgan fingerprint density at radius 2 is 1.81 bits per heavy atom. The molecular weight excluding hydrogens is 280 g/mol. The number of nitrogens with zero attached hydrogens (tertiary/aromatic N) is 3. The van der Waals surface area contributed by atoms with Crippen molar-refractivity contribution in [3.05, 3.63) is 10.6 Å². The van der Waals surface area contributed by atoms with Gasteiger partial charge in [0.2, 0.25) is 0 Å². The lowest BCUT2D eigenvalue weighted by Gasteiger charge is -2.42. The van der Waals surface area contributed by atoms with Crippen molar-refractivity contribution in [2.24, 2.45) is 0 Å². The molecule has 4 nitrogen and oxygen atoms in total. The predicted octanol–water partition coefficient (Wildman–Crippen LogP) is 2.87. The summed E-state index contributed by atoms with van der Waals surface area (Å²) in [7, 11) is 2.22. The average Bonchev–Trinajstić information content (AvgIpc) is 2.73. The molecule has 2 rings (SSSR count). The molecule has 2 unspecified atom stereocenters. The van der Waals surface area contributed by atoms with Crippen LogP contribution in [0.5, 0.6) is 0 Å². The lowest BCUT2D eigenvalue weighted by Crippen LogP contribution is -2.55. The molecule has 1 aromatic rings. The minimum absolute atomic E-state index is 0.146. The first-order valence-electron chi connectivity index (χ1n) is 7.85. The van der Waals surface area contributed by atoms with Crippen molar-refractivity contribution in [3.8, 4) is 0 Å². The highest BCUT2D eigenvalue weighted by atomic mass is 32.1. The molecule has 0 bridgehead atoms. The normalized spacial score (nSPS) is 24.6. The average molecular weight is 311 g/mol. The molecule has 1 fully saturated rings. The number of aryl methyl sites for hydroxylation is 1. The monoisotopic (exact) mass is 310 g/mol. The first-order valence-corrected chi connectivity index (χ1v) is 8.67. The highest BCUT2D eigenvalue weighted by molar-refractivity contribution is 7.15. The van der Waals surface area contributed by atoms with Crippen molar-refractivity contribution in [1.82, 2.24) is 15.2 Å². The van der Waals surface area contributed by atoms with Crippen LogP contribution in [0.3, 0.4) is 0 Å². The van der Waals surface area contributed by atoms with Gasteiger partial charge in [-0.2, -0.15) is 0 Å². The number of thiazole rings is 1. The zero-order valence-electron chi connectivity index (χ0n) is 14.5. The molecule has 5 heteroatoms. The third kappa shape index (κ3) is 4.18. The molecule has 0 aliphatic carbocycles. The molecule has 0 saturated carbocycles. The maximum absolute atomic E-state index is 4.81. The minimum Gasteiger partial charge on any atom is -0.345 e. The summed E-state index contributed by atoms with van der Waals surface area (Å²) in [5, 5.41) is 4.75. The molecule has 0 amide bonds. The van der Waals surface area contributed by atoms with Crippen LogP contribution in [-0.4, -0.2) is 47.6 Å². The van der Waals surface area contributed by atoms with E-state index in [1.165, 1.54) is 15.7 Å². The van der Waals surface area contributed by atoms with Crippen LogP contribution in [0, 0.1) is 6.92 Å². The summed E-state index contributed by atoms with van der Waals surface area (Å²) in [5.41, 5.74) is 1.32. The van der Waals surface area contributed by atoms with E-state index in [0.717, 1.165) is 19.6 Å². The van der Waals surface area contributed by atoms with E-state index in [1.54, 1.807) is 0 Å². The van der Waals surface area contributed by atoms with Crippen LogP contribution in [0.1, 0.15) is 45.2 Å². The quantitative estimate of drug-likeness (QED) is 0.930. The number of hydrogen-bond donors (Lipinski definition) is 1. The molecule has 0 aromatic carbocycles. The van der Waals surface area contributed by atoms with Crippen molar-refractivity contribution >= 4 is 16.5 Å². The molecule has 1 aliphatic rings. The number of nitrogens with one attached hydrogen (secondary N) is 1. The Morgan fingerprint density at radius 1 is 1.24 bits per heavy atom. The van der Waals surface area contributed by atoms with Crippen molar-refractivity contribution in [1.29, 1.82) is 0 Å². The fourth-order valence-corrected chi connectivity index (χ4v) is 3.64. The van der Waals surface area contributed by atoms with Gasteiger partial charge in [-0.05, 0) is 48.6 Å². The molecule has 1 N–H and O–H groups in total. The third-order valence-corrected chi connectivity index (χ3v) is 5.51. The van der Waals surface area contributed by atoms with Crippen LogP contribution < -0.4 is 10.2 Å². The molecule has 1 saturated heterocycles. The van der Waals surface area contributed by atoms with Gasteiger partial charge in [-0.1, -0.05) is 0 Å². The first-order chi connectivity index (χ1) is 9.67. The Bertz CT molecular complexity index is 465. The molecule has 2 heterocycles. The number of anilines is 1. The zero-order valence-corrected chi connectivity index (χ0v) is 15.3. The second-order valence-electron chi connectivity index (χ2n) is 7.38. The summed E-state index contributed by atoms with van der Waals surface area (Å²) in [6.07, 6.45) is 0. The van der Waals surface area contributed by atoms with Gasteiger partial charge in [-0.3, -0.25) is 4.90 Å². The summed E-state index contributed by atoms with van der Waals surface area (Å²) in [4.78, 5) is 11.1. The summed E-state index contributed by atoms with van der Waals surface area (Å²) in [6, 6.07) is 1.16. The summed E-state index contributed by atoms with van der Waals surface area (Å²) in [6.45, 7) is 16.4. The van der Waals surface area contributed by atoms with Gasteiger partial charge in [-0.15, -0.1) is 11.3 Å². The van der Waals surface area contributed by atoms with Crippen molar-refractivity contribution < 1.29 is 0 Å². The summed E-state index contributed by atoms with van der Waals surface area (Å²) >= 11 is 1.85. The SMILES string of the molecule is Cc1nc(N2CC(C)N(C)C(C)C2)sc1CNC(C)(C)C. The molecule has 0 radical (unpaired) electrons. The van der Waals surface area contributed by atoms with Crippen LogP contribution in [0.2, 0.25) is 0 Å². The highest BCUT2D eigenvalue weighted by Crippen LogP contribution is 2.29. The van der Waals surface area contributed by atoms with E-state index in [0.29, 0.717) is 12.1 Å². The first kappa shape index (κ1) is 16.7. The van der Waals surface area contributed by atoms with Crippen LogP contribution >= 0.6 is 11.3 Å². The summed E-state index contributed by atoms with van der Waals surface area (Å²) < 4.78 is 0. The maximum Gasteiger partial charge on any atom is 0.185 e. The topological polar surface area (TPSA) is 31.4 Å². The predicted molar refractivity (Wildman–Crippen MR) is 92.3 cm³/mol. The van der Waals surface area contributed by atoms with Gasteiger partial charge >= 0.3 is 0 Å². The Kier molecular flexibility index (Phi) is 4.96. The molecular formula is C16H30N4S. The zero-order chi connectivity index (χ0) is 15.8. The van der Waals surface area contributed by atoms with Crippen LogP contribution in [0.25, 0.3) is 0 Å². The smallest absolute Gasteiger partial charge is 0.185 e. The van der Waals surface area contributed by atoms with E-state index >= 15 is 0 Å². The van der Waals surface area contributed by atoms with Crippen LogP contribution in [0.15, 0.2) is 0 Å². The van der Waals surface area contributed by atoms with E-state index in [4.69, 9.17) is 4.98 Å². The Hall–Kier alpha value is -0.650. The minimum atomic E-state index is 0.146. The van der Waals surface area contributed by atoms with Crippen molar-refractivity contribution in [2.45, 2.75) is 65.7 Å². The van der Waals surface area contributed by atoms with Gasteiger partial charge in [0.15, 0.2) is 5.13 Å². The van der Waals surface area contributed by atoms with Gasteiger partial charge in [0, 0.05) is 42.1 Å². The fraction of sp³-hybridized carbons (Fsp3) is 0.812. The van der Waals surface area contributed by atoms with Crippen LogP contribution in [-0.2, 0) is 6.54 Å². The van der Waals surface area contributed by atoms with E-state index < -0.39 is 0 Å². The lowest BCUT2D eigenvalue weighted by atomic mass is 10.1. The molecule has 1 aliphatic heterocycles.